The predicted octanol–water partition coefficient (Wildman–Crippen LogP) is 14.9. The summed E-state index contributed by atoms with van der Waals surface area (Å²) in [7, 11) is 0. The molecule has 0 fully saturated rings. The topological polar surface area (TPSA) is 24.6 Å². The van der Waals surface area contributed by atoms with Crippen molar-refractivity contribution in [2.45, 2.75) is 63.5 Å². The van der Waals surface area contributed by atoms with E-state index in [-0.39, 0.29) is 12.1 Å². The number of hydrogen-bond acceptors (Lipinski definition) is 4. The van der Waals surface area contributed by atoms with Crippen molar-refractivity contribution < 1.29 is 4.42 Å². The van der Waals surface area contributed by atoms with Crippen LogP contribution in [0.4, 0.5) is 0 Å². The van der Waals surface area contributed by atoms with Crippen molar-refractivity contribution in [3.63, 3.8) is 0 Å². The molecule has 59 heavy (non-hydrogen) atoms. The fourth-order valence-electron chi connectivity index (χ4n) is 10.3. The molecule has 288 valence electrons. The van der Waals surface area contributed by atoms with Crippen molar-refractivity contribution in [3.05, 3.63) is 191 Å². The summed E-state index contributed by atoms with van der Waals surface area (Å²) < 4.78 is 10.4. The Hall–Kier alpha value is -6.30. The third kappa shape index (κ3) is 5.70. The Morgan fingerprint density at radius 2 is 1.32 bits per heavy atom. The average Bonchev–Trinajstić information content (AvgIpc) is 3.98. The van der Waals surface area contributed by atoms with Crippen molar-refractivity contribution in [2.75, 3.05) is 0 Å². The van der Waals surface area contributed by atoms with Crippen LogP contribution in [-0.2, 0) is 0 Å². The van der Waals surface area contributed by atoms with Gasteiger partial charge in [0.1, 0.15) is 11.2 Å². The lowest BCUT2D eigenvalue weighted by Gasteiger charge is -2.41. The molecule has 2 atom stereocenters. The lowest BCUT2D eigenvalue weighted by Crippen LogP contribution is -2.35. The molecule has 0 saturated carbocycles. The fraction of sp³-hybridized carbons (Fsp3) is 0.185. The van der Waals surface area contributed by atoms with E-state index in [1.54, 1.807) is 0 Å². The quantitative estimate of drug-likeness (QED) is 0.161. The number of fused-ring (bicyclic) bond motifs is 10. The second-order valence-electron chi connectivity index (χ2n) is 16.4. The van der Waals surface area contributed by atoms with Gasteiger partial charge in [0.05, 0.1) is 28.5 Å². The molecule has 7 aromatic rings. The Morgan fingerprint density at radius 1 is 0.593 bits per heavy atom. The van der Waals surface area contributed by atoms with Gasteiger partial charge in [-0.05, 0) is 118 Å². The highest BCUT2D eigenvalue weighted by atomic mass is 32.1. The zero-order valence-electron chi connectivity index (χ0n) is 33.1. The lowest BCUT2D eigenvalue weighted by atomic mass is 9.93. The Bertz CT molecular complexity index is 3150. The monoisotopic (exact) mass is 783 g/mol. The molecule has 4 aromatic carbocycles. The first-order valence-electron chi connectivity index (χ1n) is 21.4. The van der Waals surface area contributed by atoms with E-state index < -0.39 is 0 Å². The molecule has 0 spiro atoms. The molecule has 0 saturated heterocycles. The van der Waals surface area contributed by atoms with E-state index >= 15 is 0 Å². The maximum absolute atomic E-state index is 6.58. The number of benzene rings is 4. The summed E-state index contributed by atoms with van der Waals surface area (Å²) in [4.78, 5) is 6.81. The van der Waals surface area contributed by atoms with Gasteiger partial charge in [-0.25, -0.2) is 0 Å². The summed E-state index contributed by atoms with van der Waals surface area (Å²) in [6.45, 7) is 0. The number of furan rings is 1. The molecule has 0 radical (unpaired) electrons. The first-order valence-corrected chi connectivity index (χ1v) is 22.2. The van der Waals surface area contributed by atoms with E-state index in [1.807, 2.05) is 11.3 Å². The highest BCUT2D eigenvalue weighted by molar-refractivity contribution is 7.19. The molecule has 5 heteroatoms. The van der Waals surface area contributed by atoms with Gasteiger partial charge < -0.3 is 18.8 Å². The van der Waals surface area contributed by atoms with Crippen LogP contribution in [0.1, 0.15) is 67.8 Å². The van der Waals surface area contributed by atoms with Crippen molar-refractivity contribution in [3.8, 4) is 0 Å². The summed E-state index contributed by atoms with van der Waals surface area (Å²) in [5.74, 6) is 0. The molecule has 0 amide bonds. The van der Waals surface area contributed by atoms with Crippen molar-refractivity contribution in [1.29, 1.82) is 0 Å². The molecule has 0 N–H and O–H groups in total. The molecule has 3 aromatic heterocycles. The normalized spacial score (nSPS) is 20.2. The third-order valence-electron chi connectivity index (χ3n) is 13.0. The minimum absolute atomic E-state index is 0.216. The molecular formula is C54H45N3OS. The fourth-order valence-corrected chi connectivity index (χ4v) is 11.6. The molecular weight excluding hydrogens is 739 g/mol. The molecule has 4 nitrogen and oxygen atoms in total. The standard InChI is InChI=1S/C54H45N3OS/c1-3-14-36(15-4-1)55(38-26-30-40(31-27-38)56(37-16-5-2-6-17-37)49-23-13-21-45-43-19-9-12-25-51(43)59-54(45)49)39-28-32-41(33-29-39)57-47-22-10-7-20-46(47)52-48(57)35-34-44-42-18-8-11-24-50(42)58-53(44)52/h3,5,7-22,24-26,28,30,32-35,39,49H,1-2,4,6,23,27,29,31H2. The van der Waals surface area contributed by atoms with Gasteiger partial charge in [-0.1, -0.05) is 103 Å². The van der Waals surface area contributed by atoms with Crippen LogP contribution < -0.4 is 0 Å². The zero-order valence-corrected chi connectivity index (χ0v) is 33.9. The Morgan fingerprint density at radius 3 is 2.08 bits per heavy atom. The highest BCUT2D eigenvalue weighted by Gasteiger charge is 2.32. The first-order chi connectivity index (χ1) is 29.3. The van der Waals surface area contributed by atoms with Gasteiger partial charge in [0.15, 0.2) is 0 Å². The highest BCUT2D eigenvalue weighted by Crippen LogP contribution is 2.47. The van der Waals surface area contributed by atoms with E-state index in [4.69, 9.17) is 4.42 Å². The Labute approximate surface area is 348 Å². The second-order valence-corrected chi connectivity index (χ2v) is 17.5. The van der Waals surface area contributed by atoms with Crippen LogP contribution in [0.2, 0.25) is 0 Å². The maximum atomic E-state index is 6.58. The first kappa shape index (κ1) is 34.7. The van der Waals surface area contributed by atoms with E-state index in [0.717, 1.165) is 67.9 Å². The van der Waals surface area contributed by atoms with Gasteiger partial charge >= 0.3 is 0 Å². The van der Waals surface area contributed by atoms with Crippen molar-refractivity contribution >= 4 is 76.9 Å². The second kappa shape index (κ2) is 14.2. The van der Waals surface area contributed by atoms with Gasteiger partial charge in [-0.15, -0.1) is 11.3 Å². The van der Waals surface area contributed by atoms with E-state index in [2.05, 4.69) is 178 Å². The summed E-state index contributed by atoms with van der Waals surface area (Å²) in [6, 6.07) is 31.1. The van der Waals surface area contributed by atoms with Crippen molar-refractivity contribution in [2.24, 2.45) is 0 Å². The number of para-hydroxylation sites is 2. The lowest BCUT2D eigenvalue weighted by molar-refractivity contribution is 0.306. The van der Waals surface area contributed by atoms with E-state index in [9.17, 15) is 0 Å². The maximum Gasteiger partial charge on any atom is 0.145 e. The van der Waals surface area contributed by atoms with Crippen LogP contribution in [0.15, 0.2) is 185 Å². The van der Waals surface area contributed by atoms with Crippen LogP contribution >= 0.6 is 11.3 Å². The Kier molecular flexibility index (Phi) is 8.36. The molecule has 5 aliphatic carbocycles. The average molecular weight is 784 g/mol. The van der Waals surface area contributed by atoms with Gasteiger partial charge in [0.2, 0.25) is 0 Å². The predicted molar refractivity (Wildman–Crippen MR) is 249 cm³/mol. The number of allylic oxidation sites excluding steroid dienone is 12. The Balaban J connectivity index is 0.902. The minimum atomic E-state index is 0.216. The number of thiophene rings is 1. The van der Waals surface area contributed by atoms with Crippen LogP contribution in [0.25, 0.3) is 65.6 Å². The van der Waals surface area contributed by atoms with Gasteiger partial charge in [0.25, 0.3) is 0 Å². The van der Waals surface area contributed by atoms with E-state index in [1.165, 1.54) is 76.2 Å². The molecule has 5 aliphatic rings. The summed E-state index contributed by atoms with van der Waals surface area (Å²) >= 11 is 1.98. The smallest absolute Gasteiger partial charge is 0.145 e. The van der Waals surface area contributed by atoms with Crippen LogP contribution in [-0.4, -0.2) is 20.4 Å². The van der Waals surface area contributed by atoms with Crippen molar-refractivity contribution in [1.82, 2.24) is 14.4 Å². The summed E-state index contributed by atoms with van der Waals surface area (Å²) in [5, 5.41) is 6.12. The molecule has 0 bridgehead atoms. The van der Waals surface area contributed by atoms with Gasteiger partial charge in [-0.3, -0.25) is 0 Å². The largest absolute Gasteiger partial charge is 0.455 e. The summed E-state index contributed by atoms with van der Waals surface area (Å²) in [5.41, 5.74) is 12.4. The molecule has 0 aliphatic heterocycles. The summed E-state index contributed by atoms with van der Waals surface area (Å²) in [6.07, 6.45) is 39.5. The van der Waals surface area contributed by atoms with Crippen LogP contribution in [0.3, 0.4) is 0 Å². The van der Waals surface area contributed by atoms with Crippen LogP contribution in [0.5, 0.6) is 0 Å². The molecule has 2 unspecified atom stereocenters. The number of nitrogens with zero attached hydrogens (tertiary/aromatic N) is 3. The van der Waals surface area contributed by atoms with Crippen LogP contribution in [0, 0.1) is 0 Å². The molecule has 12 rings (SSSR count). The van der Waals surface area contributed by atoms with E-state index in [0.29, 0.717) is 0 Å². The van der Waals surface area contributed by atoms with Gasteiger partial charge in [0, 0.05) is 59.6 Å². The minimum Gasteiger partial charge on any atom is -0.455 e. The number of hydrogen-bond donors (Lipinski definition) is 0. The SMILES string of the molecule is C1=CC(N(C2=CC=C(N(C3=CCCC=C3)C3CC=Cc4c3sc3ccccc43)CC2)C2C=CC(n3c4ccccc4c4c5oc6ccccc6c5ccc43)=CC2)=CCC1. The zero-order chi connectivity index (χ0) is 38.9. The third-order valence-corrected chi connectivity index (χ3v) is 14.3. The number of aromatic nitrogens is 1. The number of rotatable bonds is 7. The van der Waals surface area contributed by atoms with Gasteiger partial charge in [-0.2, -0.15) is 0 Å². The molecule has 3 heterocycles.